The van der Waals surface area contributed by atoms with E-state index in [1.165, 1.54) is 22.3 Å². The Bertz CT molecular complexity index is 538. The summed E-state index contributed by atoms with van der Waals surface area (Å²) in [4.78, 5) is 14.1. The molecule has 3 nitrogen and oxygen atoms in total. The van der Waals surface area contributed by atoms with E-state index in [0.717, 1.165) is 38.8 Å². The molecule has 1 aromatic carbocycles. The smallest absolute Gasteiger partial charge is 0.324 e. The second-order valence-electron chi connectivity index (χ2n) is 6.47. The summed E-state index contributed by atoms with van der Waals surface area (Å²) in [5.74, 6) is -0.650. The van der Waals surface area contributed by atoms with Crippen molar-refractivity contribution in [2.24, 2.45) is 0 Å². The van der Waals surface area contributed by atoms with Crippen LogP contribution in [-0.2, 0) is 11.3 Å². The molecule has 0 spiro atoms. The van der Waals surface area contributed by atoms with Gasteiger partial charge in [-0.25, -0.2) is 0 Å². The topological polar surface area (TPSA) is 40.5 Å². The van der Waals surface area contributed by atoms with Gasteiger partial charge in [0.1, 0.15) is 5.54 Å². The zero-order valence-corrected chi connectivity index (χ0v) is 13.7. The summed E-state index contributed by atoms with van der Waals surface area (Å²) in [5.41, 5.74) is 4.46. The third-order valence-electron chi connectivity index (χ3n) is 5.00. The molecule has 21 heavy (non-hydrogen) atoms. The largest absolute Gasteiger partial charge is 0.480 e. The van der Waals surface area contributed by atoms with E-state index in [-0.39, 0.29) is 0 Å². The third kappa shape index (κ3) is 2.98. The number of hydrogen-bond acceptors (Lipinski definition) is 2. The summed E-state index contributed by atoms with van der Waals surface area (Å²) < 4.78 is 0. The molecular weight excluding hydrogens is 262 g/mol. The van der Waals surface area contributed by atoms with Crippen molar-refractivity contribution in [1.82, 2.24) is 4.90 Å². The molecule has 0 bridgehead atoms. The molecule has 1 aromatic rings. The standard InChI is InChI=1S/C18H27NO2/c1-5-7-18(17(20)21)8-6-9-19(18)12-16-11-14(3)13(2)10-15(16)4/h10-11H,5-9,12H2,1-4H3,(H,20,21). The van der Waals surface area contributed by atoms with Crippen LogP contribution in [0.25, 0.3) is 0 Å². The van der Waals surface area contributed by atoms with E-state index in [4.69, 9.17) is 0 Å². The molecule has 116 valence electrons. The second-order valence-corrected chi connectivity index (χ2v) is 6.47. The molecule has 0 aromatic heterocycles. The Balaban J connectivity index is 2.29. The molecule has 0 aliphatic carbocycles. The van der Waals surface area contributed by atoms with Gasteiger partial charge in [0.05, 0.1) is 0 Å². The Morgan fingerprint density at radius 1 is 1.24 bits per heavy atom. The van der Waals surface area contributed by atoms with Crippen LogP contribution in [0.5, 0.6) is 0 Å². The number of rotatable bonds is 5. The van der Waals surface area contributed by atoms with Crippen molar-refractivity contribution in [2.75, 3.05) is 6.54 Å². The molecule has 0 radical (unpaired) electrons. The van der Waals surface area contributed by atoms with Crippen molar-refractivity contribution >= 4 is 5.97 Å². The molecule has 0 amide bonds. The molecule has 1 unspecified atom stereocenters. The van der Waals surface area contributed by atoms with Gasteiger partial charge >= 0.3 is 5.97 Å². The van der Waals surface area contributed by atoms with Crippen LogP contribution in [0.3, 0.4) is 0 Å². The fraction of sp³-hybridized carbons (Fsp3) is 0.611. The van der Waals surface area contributed by atoms with Crippen molar-refractivity contribution < 1.29 is 9.90 Å². The highest BCUT2D eigenvalue weighted by Crippen LogP contribution is 2.35. The fourth-order valence-corrected chi connectivity index (χ4v) is 3.61. The molecule has 3 heteroatoms. The van der Waals surface area contributed by atoms with Crippen LogP contribution in [-0.4, -0.2) is 28.1 Å². The van der Waals surface area contributed by atoms with Gasteiger partial charge in [-0.1, -0.05) is 25.5 Å². The summed E-state index contributed by atoms with van der Waals surface area (Å²) in [6.07, 6.45) is 3.41. The first-order chi connectivity index (χ1) is 9.90. The molecule has 1 aliphatic rings. The number of aryl methyl sites for hydroxylation is 3. The highest BCUT2D eigenvalue weighted by molar-refractivity contribution is 5.79. The Labute approximate surface area is 128 Å². The Morgan fingerprint density at radius 2 is 1.90 bits per heavy atom. The molecule has 1 fully saturated rings. The molecule has 2 rings (SSSR count). The lowest BCUT2D eigenvalue weighted by molar-refractivity contribution is -0.150. The Kier molecular flexibility index (Phi) is 4.72. The molecule has 0 saturated carbocycles. The zero-order valence-electron chi connectivity index (χ0n) is 13.7. The number of likely N-dealkylation sites (tertiary alicyclic amines) is 1. The van der Waals surface area contributed by atoms with Crippen LogP contribution in [0, 0.1) is 20.8 Å². The lowest BCUT2D eigenvalue weighted by Crippen LogP contribution is -2.50. The molecule has 1 saturated heterocycles. The quantitative estimate of drug-likeness (QED) is 0.895. The van der Waals surface area contributed by atoms with Crippen LogP contribution in [0.15, 0.2) is 12.1 Å². The predicted molar refractivity (Wildman–Crippen MR) is 85.6 cm³/mol. The number of carboxylic acids is 1. The minimum atomic E-state index is -0.653. The van der Waals surface area contributed by atoms with E-state index in [1.807, 2.05) is 0 Å². The minimum Gasteiger partial charge on any atom is -0.480 e. The highest BCUT2D eigenvalue weighted by Gasteiger charge is 2.46. The van der Waals surface area contributed by atoms with Gasteiger partial charge in [-0.2, -0.15) is 0 Å². The minimum absolute atomic E-state index is 0.650. The third-order valence-corrected chi connectivity index (χ3v) is 5.00. The summed E-state index contributed by atoms with van der Waals surface area (Å²) in [7, 11) is 0. The highest BCUT2D eigenvalue weighted by atomic mass is 16.4. The normalized spacial score (nSPS) is 22.7. The first-order valence-corrected chi connectivity index (χ1v) is 7.96. The summed E-state index contributed by atoms with van der Waals surface area (Å²) >= 11 is 0. The maximum atomic E-state index is 11.9. The van der Waals surface area contributed by atoms with Crippen molar-refractivity contribution in [1.29, 1.82) is 0 Å². The van der Waals surface area contributed by atoms with Crippen molar-refractivity contribution in [3.05, 3.63) is 34.4 Å². The summed E-state index contributed by atoms with van der Waals surface area (Å²) in [6.45, 7) is 10.1. The molecule has 1 N–H and O–H groups in total. The number of carbonyl (C=O) groups is 1. The number of aliphatic carboxylic acids is 1. The predicted octanol–water partition coefficient (Wildman–Crippen LogP) is 3.83. The van der Waals surface area contributed by atoms with Crippen molar-refractivity contribution in [2.45, 2.75) is 65.5 Å². The summed E-state index contributed by atoms with van der Waals surface area (Å²) in [5, 5.41) is 9.77. The van der Waals surface area contributed by atoms with E-state index in [9.17, 15) is 9.90 Å². The van der Waals surface area contributed by atoms with E-state index in [1.54, 1.807) is 0 Å². The van der Waals surface area contributed by atoms with Gasteiger partial charge in [-0.15, -0.1) is 0 Å². The monoisotopic (exact) mass is 289 g/mol. The Hall–Kier alpha value is -1.35. The molecular formula is C18H27NO2. The van der Waals surface area contributed by atoms with Crippen LogP contribution in [0.4, 0.5) is 0 Å². The first kappa shape index (κ1) is 16.0. The van der Waals surface area contributed by atoms with Gasteiger partial charge in [-0.05, 0) is 68.8 Å². The second kappa shape index (κ2) is 6.18. The lowest BCUT2D eigenvalue weighted by atomic mass is 9.90. The SMILES string of the molecule is CCCC1(C(=O)O)CCCN1Cc1cc(C)c(C)cc1C. The number of nitrogens with zero attached hydrogens (tertiary/aromatic N) is 1. The van der Waals surface area contributed by atoms with Crippen LogP contribution in [0.2, 0.25) is 0 Å². The van der Waals surface area contributed by atoms with Crippen molar-refractivity contribution in [3.63, 3.8) is 0 Å². The van der Waals surface area contributed by atoms with E-state index >= 15 is 0 Å². The average Bonchev–Trinajstić information content (AvgIpc) is 2.81. The lowest BCUT2D eigenvalue weighted by Gasteiger charge is -2.35. The van der Waals surface area contributed by atoms with Crippen LogP contribution < -0.4 is 0 Å². The van der Waals surface area contributed by atoms with Gasteiger partial charge in [0.25, 0.3) is 0 Å². The van der Waals surface area contributed by atoms with E-state index in [0.29, 0.717) is 0 Å². The molecule has 1 aliphatic heterocycles. The molecule has 1 atom stereocenters. The number of hydrogen-bond donors (Lipinski definition) is 1. The first-order valence-electron chi connectivity index (χ1n) is 7.96. The zero-order chi connectivity index (χ0) is 15.6. The number of carboxylic acid groups (broad SMARTS) is 1. The molecule has 1 heterocycles. The van der Waals surface area contributed by atoms with E-state index < -0.39 is 11.5 Å². The van der Waals surface area contributed by atoms with Crippen LogP contribution in [0.1, 0.15) is 54.9 Å². The van der Waals surface area contributed by atoms with Gasteiger partial charge < -0.3 is 5.11 Å². The van der Waals surface area contributed by atoms with Crippen molar-refractivity contribution in [3.8, 4) is 0 Å². The van der Waals surface area contributed by atoms with E-state index in [2.05, 4.69) is 44.7 Å². The van der Waals surface area contributed by atoms with Gasteiger partial charge in [-0.3, -0.25) is 9.69 Å². The number of benzene rings is 1. The summed E-state index contributed by atoms with van der Waals surface area (Å²) in [6, 6.07) is 4.44. The fourth-order valence-electron chi connectivity index (χ4n) is 3.61. The van der Waals surface area contributed by atoms with Gasteiger partial charge in [0.15, 0.2) is 0 Å². The Morgan fingerprint density at radius 3 is 2.52 bits per heavy atom. The maximum absolute atomic E-state index is 11.9. The van der Waals surface area contributed by atoms with Crippen LogP contribution >= 0.6 is 0 Å². The van der Waals surface area contributed by atoms with Gasteiger partial charge in [0.2, 0.25) is 0 Å². The average molecular weight is 289 g/mol. The van der Waals surface area contributed by atoms with Gasteiger partial charge in [0, 0.05) is 6.54 Å². The maximum Gasteiger partial charge on any atom is 0.324 e.